The van der Waals surface area contributed by atoms with Crippen molar-refractivity contribution in [2.45, 2.75) is 44.7 Å². The molecule has 0 bridgehead atoms. The van der Waals surface area contributed by atoms with Crippen LogP contribution in [0, 0.1) is 0 Å². The van der Waals surface area contributed by atoms with Crippen molar-refractivity contribution in [1.82, 2.24) is 15.7 Å². The van der Waals surface area contributed by atoms with E-state index in [0.717, 1.165) is 4.90 Å². The number of hydroxylamine groups is 1. The molecule has 1 saturated heterocycles. The van der Waals surface area contributed by atoms with Gasteiger partial charge in [-0.15, -0.1) is 0 Å². The number of rotatable bonds is 8. The van der Waals surface area contributed by atoms with Gasteiger partial charge in [0.05, 0.1) is 17.5 Å². The van der Waals surface area contributed by atoms with Crippen molar-refractivity contribution in [1.29, 1.82) is 0 Å². The number of hydrogen-bond donors (Lipinski definition) is 3. The van der Waals surface area contributed by atoms with Gasteiger partial charge in [0.15, 0.2) is 11.3 Å². The molecule has 1 aliphatic heterocycles. The number of aliphatic hydroxyl groups excluding tert-OH is 1. The van der Waals surface area contributed by atoms with Gasteiger partial charge in [0.25, 0.3) is 5.91 Å². The van der Waals surface area contributed by atoms with Crippen LogP contribution in [0.2, 0.25) is 0 Å². The molecule has 0 radical (unpaired) electrons. The second-order valence-electron chi connectivity index (χ2n) is 6.25. The average molecular weight is 468 g/mol. The third-order valence-corrected chi connectivity index (χ3v) is 4.49. The summed E-state index contributed by atoms with van der Waals surface area (Å²) < 4.78 is 4.86. The molecule has 1 rings (SSSR count). The monoisotopic (exact) mass is 467 g/mol. The number of β-lactam (4-membered cyclic amide) rings is 1. The number of esters is 1. The zero-order chi connectivity index (χ0) is 20.8. The van der Waals surface area contributed by atoms with Crippen LogP contribution in [0.3, 0.4) is 0 Å². The minimum absolute atomic E-state index is 0.0274. The summed E-state index contributed by atoms with van der Waals surface area (Å²) >= 11 is 3.67. The Balaban J connectivity index is 2.98. The number of alkyl halides is 1. The first-order valence-electron chi connectivity index (χ1n) is 7.89. The maximum atomic E-state index is 12.5. The zero-order valence-corrected chi connectivity index (χ0v) is 17.7. The van der Waals surface area contributed by atoms with Crippen LogP contribution in [0.4, 0.5) is 4.79 Å². The van der Waals surface area contributed by atoms with E-state index in [1.165, 1.54) is 0 Å². The van der Waals surface area contributed by atoms with Gasteiger partial charge in [-0.3, -0.25) is 19.3 Å². The number of carbonyl (C=O) groups is 4. The van der Waals surface area contributed by atoms with E-state index in [0.29, 0.717) is 17.4 Å². The summed E-state index contributed by atoms with van der Waals surface area (Å²) in [5, 5.41) is 11.3. The topological polar surface area (TPSA) is 134 Å². The van der Waals surface area contributed by atoms with Gasteiger partial charge in [0, 0.05) is 0 Å². The highest BCUT2D eigenvalue weighted by Gasteiger charge is 2.53. The Labute approximate surface area is 169 Å². The van der Waals surface area contributed by atoms with Crippen LogP contribution in [-0.4, -0.2) is 62.5 Å². The Kier molecular flexibility index (Phi) is 8.57. The SMILES string of the molecule is CCOC(=O)C(=C(O)CBr)N1C(=O)C(NC(=O)NOC(C)(C)C)C1SC=O. The summed E-state index contributed by atoms with van der Waals surface area (Å²) in [4.78, 5) is 53.5. The molecule has 0 aromatic heterocycles. The lowest BCUT2D eigenvalue weighted by Gasteiger charge is -2.45. The molecule has 12 heteroatoms. The van der Waals surface area contributed by atoms with E-state index in [1.807, 2.05) is 0 Å². The van der Waals surface area contributed by atoms with Gasteiger partial charge >= 0.3 is 12.0 Å². The second-order valence-corrected chi connectivity index (χ2v) is 7.76. The number of nitrogens with one attached hydrogen (secondary N) is 2. The number of likely N-dealkylation sites (tertiary alicyclic amines) is 1. The van der Waals surface area contributed by atoms with Crippen molar-refractivity contribution in [3.63, 3.8) is 0 Å². The van der Waals surface area contributed by atoms with E-state index < -0.39 is 40.7 Å². The minimum Gasteiger partial charge on any atom is -0.509 e. The lowest BCUT2D eigenvalue weighted by molar-refractivity contribution is -0.151. The first-order valence-corrected chi connectivity index (χ1v) is 9.95. The smallest absolute Gasteiger partial charge is 0.358 e. The molecule has 3 N–H and O–H groups in total. The lowest BCUT2D eigenvalue weighted by Crippen LogP contribution is -2.70. The molecule has 1 fully saturated rings. The van der Waals surface area contributed by atoms with Crippen LogP contribution >= 0.6 is 27.7 Å². The first kappa shape index (κ1) is 23.2. The number of halogens is 1. The Morgan fingerprint density at radius 1 is 1.41 bits per heavy atom. The Morgan fingerprint density at radius 3 is 2.52 bits per heavy atom. The molecule has 0 aliphatic carbocycles. The molecule has 2 atom stereocenters. The maximum absolute atomic E-state index is 12.5. The van der Waals surface area contributed by atoms with Crippen LogP contribution in [0.5, 0.6) is 0 Å². The van der Waals surface area contributed by atoms with Crippen LogP contribution < -0.4 is 10.8 Å². The standard InChI is InChI=1S/C15H22BrN3O7S/c1-5-25-13(23)10(8(21)6-16)19-11(22)9(12(19)27-7-20)17-14(24)18-26-15(2,3)4/h7,9,12,21H,5-6H2,1-4H3,(H2,17,18,24). The number of thioether (sulfide) groups is 1. The summed E-state index contributed by atoms with van der Waals surface area (Å²) in [7, 11) is 0. The van der Waals surface area contributed by atoms with Crippen molar-refractivity contribution in [3.05, 3.63) is 11.5 Å². The number of hydrogen-bond acceptors (Lipinski definition) is 8. The molecule has 3 amide bonds. The predicted octanol–water partition coefficient (Wildman–Crippen LogP) is 1.20. The number of amides is 3. The van der Waals surface area contributed by atoms with Gasteiger partial charge in [0.2, 0.25) is 0 Å². The van der Waals surface area contributed by atoms with E-state index in [9.17, 15) is 24.3 Å². The molecule has 1 aliphatic rings. The third kappa shape index (κ3) is 6.11. The number of carbonyl (C=O) groups excluding carboxylic acids is 4. The molecular weight excluding hydrogens is 446 g/mol. The van der Waals surface area contributed by atoms with Gasteiger partial charge in [-0.2, -0.15) is 0 Å². The second kappa shape index (κ2) is 9.95. The van der Waals surface area contributed by atoms with Gasteiger partial charge in [-0.1, -0.05) is 27.7 Å². The van der Waals surface area contributed by atoms with Gasteiger partial charge in [0.1, 0.15) is 17.2 Å². The molecule has 152 valence electrons. The fourth-order valence-corrected chi connectivity index (χ4v) is 3.07. The molecule has 2 unspecified atom stereocenters. The highest BCUT2D eigenvalue weighted by molar-refractivity contribution is 9.09. The van der Waals surface area contributed by atoms with Crippen molar-refractivity contribution in [2.75, 3.05) is 11.9 Å². The largest absolute Gasteiger partial charge is 0.509 e. The quantitative estimate of drug-likeness (QED) is 0.0921. The lowest BCUT2D eigenvalue weighted by atomic mass is 10.1. The number of nitrogens with zero attached hydrogens (tertiary/aromatic N) is 1. The molecular formula is C15H22BrN3O7S. The number of aliphatic hydroxyl groups is 1. The molecule has 1 heterocycles. The minimum atomic E-state index is -1.10. The molecule has 10 nitrogen and oxygen atoms in total. The summed E-state index contributed by atoms with van der Waals surface area (Å²) in [6.07, 6.45) is 0. The average Bonchev–Trinajstić information content (AvgIpc) is 2.60. The van der Waals surface area contributed by atoms with Crippen molar-refractivity contribution < 1.29 is 33.9 Å². The summed E-state index contributed by atoms with van der Waals surface area (Å²) in [5.74, 6) is -2.04. The van der Waals surface area contributed by atoms with Crippen molar-refractivity contribution >= 4 is 51.2 Å². The normalized spacial score (nSPS) is 20.3. The Morgan fingerprint density at radius 2 is 2.04 bits per heavy atom. The molecule has 0 spiro atoms. The van der Waals surface area contributed by atoms with Crippen LogP contribution in [0.25, 0.3) is 0 Å². The fraction of sp³-hybridized carbons (Fsp3) is 0.600. The number of urea groups is 1. The molecule has 0 saturated carbocycles. The first-order chi connectivity index (χ1) is 12.6. The number of allylic oxidation sites excluding steroid dienone is 1. The highest BCUT2D eigenvalue weighted by Crippen LogP contribution is 2.34. The van der Waals surface area contributed by atoms with Crippen LogP contribution in [0.15, 0.2) is 11.5 Å². The maximum Gasteiger partial charge on any atom is 0.358 e. The molecule has 27 heavy (non-hydrogen) atoms. The van der Waals surface area contributed by atoms with Crippen molar-refractivity contribution in [2.24, 2.45) is 0 Å². The van der Waals surface area contributed by atoms with E-state index in [-0.39, 0.29) is 17.6 Å². The van der Waals surface area contributed by atoms with E-state index in [2.05, 4.69) is 26.7 Å². The van der Waals surface area contributed by atoms with Gasteiger partial charge < -0.3 is 15.2 Å². The summed E-state index contributed by atoms with van der Waals surface area (Å²) in [6.45, 7) is 6.75. The van der Waals surface area contributed by atoms with Crippen molar-refractivity contribution in [3.8, 4) is 0 Å². The number of ether oxygens (including phenoxy) is 1. The summed E-state index contributed by atoms with van der Waals surface area (Å²) in [5.41, 5.74) is 1.58. The van der Waals surface area contributed by atoms with E-state index >= 15 is 0 Å². The fourth-order valence-electron chi connectivity index (χ4n) is 2.02. The third-order valence-electron chi connectivity index (χ3n) is 3.08. The zero-order valence-electron chi connectivity index (χ0n) is 15.3. The van der Waals surface area contributed by atoms with Crippen LogP contribution in [0.1, 0.15) is 27.7 Å². The summed E-state index contributed by atoms with van der Waals surface area (Å²) in [6, 6.07) is -1.89. The molecule has 0 aromatic carbocycles. The van der Waals surface area contributed by atoms with Crippen LogP contribution in [-0.2, 0) is 24.0 Å². The van der Waals surface area contributed by atoms with E-state index in [1.54, 1.807) is 27.7 Å². The van der Waals surface area contributed by atoms with E-state index in [4.69, 9.17) is 9.57 Å². The highest BCUT2D eigenvalue weighted by atomic mass is 79.9. The van der Waals surface area contributed by atoms with Gasteiger partial charge in [-0.25, -0.2) is 15.1 Å². The predicted molar refractivity (Wildman–Crippen MR) is 101 cm³/mol. The van der Waals surface area contributed by atoms with Gasteiger partial charge in [-0.05, 0) is 27.7 Å². The Bertz CT molecular complexity index is 635. The Hall–Kier alpha value is -1.79. The molecule has 0 aromatic rings.